The Morgan fingerprint density at radius 3 is 2.17 bits per heavy atom. The van der Waals surface area contributed by atoms with E-state index in [9.17, 15) is 0 Å². The van der Waals surface area contributed by atoms with Gasteiger partial charge in [0.1, 0.15) is 16.3 Å². The fourth-order valence-electron chi connectivity index (χ4n) is 8.13. The summed E-state index contributed by atoms with van der Waals surface area (Å²) in [6.07, 6.45) is 9.06. The molecule has 3 aromatic heterocycles. The highest BCUT2D eigenvalue weighted by atomic mass is 32.1. The number of hydrogen-bond acceptors (Lipinski definition) is 1. The number of nitrogens with zero attached hydrogens (tertiary/aromatic N) is 3. The van der Waals surface area contributed by atoms with Crippen LogP contribution in [0.3, 0.4) is 0 Å². The molecule has 4 heterocycles. The number of hydrogen-bond donors (Lipinski definition) is 0. The molecule has 1 aliphatic carbocycles. The van der Waals surface area contributed by atoms with E-state index in [1.165, 1.54) is 86.6 Å². The average Bonchev–Trinajstić information content (AvgIpc) is 3.77. The molecule has 214 valence electrons. The summed E-state index contributed by atoms with van der Waals surface area (Å²) in [6, 6.07) is 47.0. The Kier molecular flexibility index (Phi) is 4.78. The van der Waals surface area contributed by atoms with Gasteiger partial charge in [0.05, 0.1) is 16.6 Å². The van der Waals surface area contributed by atoms with Crippen molar-refractivity contribution in [2.45, 2.75) is 6.04 Å². The van der Waals surface area contributed by atoms with Crippen molar-refractivity contribution in [3.05, 3.63) is 152 Å². The molecule has 0 saturated heterocycles. The standard InChI is InChI=1S/C42H26N3S/c1-2-12-26(13-3-1)43-33-18-6-4-14-27(33)31-24-39-32(25-38(31)43)29-16-10-21-36-41(29)45(39)35-20-8-7-19-34(35)44(36)37-22-11-17-30-28-15-5-9-23-40(28)46-42(30)37/h1-25,35H/q+1. The quantitative estimate of drug-likeness (QED) is 0.174. The lowest BCUT2D eigenvalue weighted by atomic mass is 10.0. The van der Waals surface area contributed by atoms with Crippen molar-refractivity contribution >= 4 is 92.2 Å². The summed E-state index contributed by atoms with van der Waals surface area (Å²) in [5.41, 5.74) is 9.95. The van der Waals surface area contributed by atoms with Crippen molar-refractivity contribution in [2.75, 3.05) is 0 Å². The Morgan fingerprint density at radius 2 is 1.26 bits per heavy atom. The maximum absolute atomic E-state index is 2.59. The van der Waals surface area contributed by atoms with Crippen LogP contribution in [0.2, 0.25) is 0 Å². The molecular formula is C42H26N3S+. The van der Waals surface area contributed by atoms with Gasteiger partial charge in [0.15, 0.2) is 0 Å². The molecule has 6 aromatic carbocycles. The summed E-state index contributed by atoms with van der Waals surface area (Å²) in [5.74, 6) is 0. The molecule has 1 unspecified atom stereocenters. The fraction of sp³-hybridized carbons (Fsp3) is 0.0238. The molecule has 0 fully saturated rings. The Labute approximate surface area is 268 Å². The van der Waals surface area contributed by atoms with Gasteiger partial charge in [0.25, 0.3) is 0 Å². The molecule has 0 N–H and O–H groups in total. The van der Waals surface area contributed by atoms with Crippen molar-refractivity contribution in [1.29, 1.82) is 0 Å². The summed E-state index contributed by atoms with van der Waals surface area (Å²) in [5, 5.41) is 7.77. The Morgan fingerprint density at radius 1 is 0.543 bits per heavy atom. The van der Waals surface area contributed by atoms with Crippen LogP contribution in [0.25, 0.3) is 69.5 Å². The molecule has 0 amide bonds. The van der Waals surface area contributed by atoms with Gasteiger partial charge in [0, 0.05) is 60.9 Å². The van der Waals surface area contributed by atoms with Crippen LogP contribution in [0.4, 0.5) is 11.4 Å². The van der Waals surface area contributed by atoms with Gasteiger partial charge in [-0.1, -0.05) is 97.1 Å². The van der Waals surface area contributed by atoms with Crippen LogP contribution in [0.1, 0.15) is 6.04 Å². The van der Waals surface area contributed by atoms with Gasteiger partial charge < -0.3 is 9.13 Å². The number of para-hydroxylation sites is 3. The smallest absolute Gasteiger partial charge is 0.236 e. The van der Waals surface area contributed by atoms with Crippen molar-refractivity contribution in [3.8, 4) is 5.69 Å². The first-order valence-corrected chi connectivity index (χ1v) is 16.6. The van der Waals surface area contributed by atoms with Crippen LogP contribution in [-0.2, 0) is 0 Å². The minimum absolute atomic E-state index is 0.0736. The largest absolute Gasteiger partial charge is 0.318 e. The zero-order valence-corrected chi connectivity index (χ0v) is 25.6. The number of rotatable bonds is 2. The molecule has 3 nitrogen and oxygen atoms in total. The molecule has 0 bridgehead atoms. The average molecular weight is 605 g/mol. The van der Waals surface area contributed by atoms with Gasteiger partial charge in [-0.25, -0.2) is 0 Å². The SMILES string of the molecule is C1=CC2=[N+](c3cccc4c3sc3ccccc34)c3cccc4c5cc6c(cc5n(c34)C2C=C1)c1ccccc1n6-c1ccccc1. The number of thiophene rings is 1. The second-order valence-electron chi connectivity index (χ2n) is 12.3. The third-order valence-electron chi connectivity index (χ3n) is 9.99. The predicted molar refractivity (Wildman–Crippen MR) is 197 cm³/mol. The molecule has 0 radical (unpaired) electrons. The lowest BCUT2D eigenvalue weighted by Gasteiger charge is -2.24. The monoisotopic (exact) mass is 604 g/mol. The molecule has 46 heavy (non-hydrogen) atoms. The highest BCUT2D eigenvalue weighted by Crippen LogP contribution is 2.48. The molecule has 11 rings (SSSR count). The van der Waals surface area contributed by atoms with Crippen LogP contribution >= 0.6 is 11.3 Å². The maximum Gasteiger partial charge on any atom is 0.236 e. The van der Waals surface area contributed by atoms with E-state index >= 15 is 0 Å². The minimum Gasteiger partial charge on any atom is -0.318 e. The fourth-order valence-corrected chi connectivity index (χ4v) is 9.33. The molecule has 4 heteroatoms. The van der Waals surface area contributed by atoms with Crippen molar-refractivity contribution in [1.82, 2.24) is 13.7 Å². The topological polar surface area (TPSA) is 12.9 Å². The third kappa shape index (κ3) is 3.09. The highest BCUT2D eigenvalue weighted by molar-refractivity contribution is 7.26. The second-order valence-corrected chi connectivity index (χ2v) is 13.4. The van der Waals surface area contributed by atoms with E-state index in [4.69, 9.17) is 0 Å². The first kappa shape index (κ1) is 24.6. The molecule has 1 atom stereocenters. The van der Waals surface area contributed by atoms with Crippen LogP contribution in [0, 0.1) is 0 Å². The normalized spacial score (nSPS) is 15.8. The highest BCUT2D eigenvalue weighted by Gasteiger charge is 2.38. The van der Waals surface area contributed by atoms with Crippen molar-refractivity contribution in [2.24, 2.45) is 0 Å². The Bertz CT molecular complexity index is 2860. The lowest BCUT2D eigenvalue weighted by molar-refractivity contribution is 0.782. The zero-order valence-electron chi connectivity index (χ0n) is 24.8. The van der Waals surface area contributed by atoms with E-state index in [1.54, 1.807) is 0 Å². The van der Waals surface area contributed by atoms with E-state index in [0.29, 0.717) is 0 Å². The van der Waals surface area contributed by atoms with Crippen LogP contribution < -0.4 is 4.58 Å². The Hall–Kier alpha value is -5.71. The predicted octanol–water partition coefficient (Wildman–Crippen LogP) is 11.2. The van der Waals surface area contributed by atoms with Gasteiger partial charge in [0.2, 0.25) is 17.1 Å². The maximum atomic E-state index is 2.59. The van der Waals surface area contributed by atoms with Gasteiger partial charge in [-0.3, -0.25) is 0 Å². The summed E-state index contributed by atoms with van der Waals surface area (Å²) in [6.45, 7) is 0. The van der Waals surface area contributed by atoms with E-state index < -0.39 is 0 Å². The molecule has 1 aliphatic heterocycles. The summed E-state index contributed by atoms with van der Waals surface area (Å²) in [7, 11) is 0. The molecule has 0 spiro atoms. The molecule has 9 aromatic rings. The van der Waals surface area contributed by atoms with E-state index in [1.807, 2.05) is 11.3 Å². The zero-order chi connectivity index (χ0) is 29.9. The van der Waals surface area contributed by atoms with Crippen molar-refractivity contribution in [3.63, 3.8) is 0 Å². The Balaban J connectivity index is 1.27. The van der Waals surface area contributed by atoms with Gasteiger partial charge in [-0.05, 0) is 36.4 Å². The molecule has 2 aliphatic rings. The summed E-state index contributed by atoms with van der Waals surface area (Å²) >= 11 is 1.89. The van der Waals surface area contributed by atoms with Crippen LogP contribution in [-0.4, -0.2) is 14.8 Å². The summed E-state index contributed by atoms with van der Waals surface area (Å²) < 4.78 is 10.2. The second kappa shape index (κ2) is 8.94. The number of benzene rings is 6. The first-order chi connectivity index (χ1) is 22.8. The number of allylic oxidation sites excluding steroid dienone is 4. The van der Waals surface area contributed by atoms with Crippen LogP contribution in [0.5, 0.6) is 0 Å². The van der Waals surface area contributed by atoms with E-state index in [0.717, 1.165) is 0 Å². The van der Waals surface area contributed by atoms with E-state index in [-0.39, 0.29) is 6.04 Å². The lowest BCUT2D eigenvalue weighted by Crippen LogP contribution is -2.30. The number of fused-ring (bicyclic) bond motifs is 11. The number of aromatic nitrogens is 2. The minimum atomic E-state index is 0.0736. The van der Waals surface area contributed by atoms with E-state index in [2.05, 4.69) is 165 Å². The van der Waals surface area contributed by atoms with Gasteiger partial charge in [-0.2, -0.15) is 4.58 Å². The molecule has 0 saturated carbocycles. The summed E-state index contributed by atoms with van der Waals surface area (Å²) in [4.78, 5) is 0. The first-order valence-electron chi connectivity index (χ1n) is 15.8. The van der Waals surface area contributed by atoms with Crippen LogP contribution in [0.15, 0.2) is 152 Å². The van der Waals surface area contributed by atoms with Crippen molar-refractivity contribution < 1.29 is 0 Å². The van der Waals surface area contributed by atoms with Gasteiger partial charge in [-0.15, -0.1) is 11.3 Å². The van der Waals surface area contributed by atoms with Gasteiger partial charge >= 0.3 is 0 Å². The molecular weight excluding hydrogens is 579 g/mol. The third-order valence-corrected chi connectivity index (χ3v) is 11.2.